The van der Waals surface area contributed by atoms with E-state index in [2.05, 4.69) is 0 Å². The van der Waals surface area contributed by atoms with E-state index in [-0.39, 0.29) is 42.9 Å². The highest BCUT2D eigenvalue weighted by atomic mass is 16.7. The standard InChI is InChI=1S/C36H36N2O7/c1-37(21-32(41)27-5-4-6-28(40)17-27)20-29-18-33(25-13-11-24(22-39)12-14-25)45-36(44-29)26-15-9-23(10-16-26)19-38-34(42)30-7-2-3-8-31(30)35(38)43/h2-17,29,32-33,36,39-41H,18-22H2,1H3/t29-,32+,33+,36+/m0/s1. The highest BCUT2D eigenvalue weighted by Gasteiger charge is 2.36. The van der Waals surface area contributed by atoms with Gasteiger partial charge in [-0.2, -0.15) is 0 Å². The number of aromatic hydroxyl groups is 1. The molecule has 9 nitrogen and oxygen atoms in total. The molecule has 0 unspecified atom stereocenters. The first-order valence-corrected chi connectivity index (χ1v) is 15.0. The van der Waals surface area contributed by atoms with Gasteiger partial charge in [0.15, 0.2) is 6.29 Å². The van der Waals surface area contributed by atoms with Gasteiger partial charge in [0.25, 0.3) is 11.8 Å². The summed E-state index contributed by atoms with van der Waals surface area (Å²) in [6.45, 7) is 0.989. The van der Waals surface area contributed by atoms with E-state index in [0.29, 0.717) is 36.2 Å². The molecule has 2 aliphatic heterocycles. The van der Waals surface area contributed by atoms with Crippen LogP contribution in [0.3, 0.4) is 0 Å². The largest absolute Gasteiger partial charge is 0.508 e. The monoisotopic (exact) mass is 608 g/mol. The van der Waals surface area contributed by atoms with E-state index in [1.165, 1.54) is 4.90 Å². The van der Waals surface area contributed by atoms with Gasteiger partial charge in [-0.1, -0.05) is 72.8 Å². The number of phenols is 1. The Morgan fingerprint density at radius 2 is 1.49 bits per heavy atom. The number of rotatable bonds is 10. The van der Waals surface area contributed by atoms with Crippen LogP contribution >= 0.6 is 0 Å². The molecule has 1 fully saturated rings. The number of hydrogen-bond donors (Lipinski definition) is 3. The number of amides is 2. The van der Waals surface area contributed by atoms with Gasteiger partial charge in [-0.25, -0.2) is 0 Å². The first-order chi connectivity index (χ1) is 21.8. The lowest BCUT2D eigenvalue weighted by Crippen LogP contribution is -2.39. The molecule has 0 radical (unpaired) electrons. The number of fused-ring (bicyclic) bond motifs is 1. The SMILES string of the molecule is CN(C[C@@H]1C[C@H](c2ccc(CO)cc2)O[C@H](c2ccc(CN3C(=O)c4ccccc4C3=O)cc2)O1)C[C@@H](O)c1cccc(O)c1. The fourth-order valence-corrected chi connectivity index (χ4v) is 5.93. The van der Waals surface area contributed by atoms with E-state index in [1.54, 1.807) is 48.5 Å². The van der Waals surface area contributed by atoms with E-state index < -0.39 is 12.4 Å². The molecule has 4 aromatic carbocycles. The first-order valence-electron chi connectivity index (χ1n) is 15.0. The lowest BCUT2D eigenvalue weighted by Gasteiger charge is -2.38. The number of carbonyl (C=O) groups is 2. The van der Waals surface area contributed by atoms with Crippen LogP contribution in [0, 0.1) is 0 Å². The van der Waals surface area contributed by atoms with Gasteiger partial charge in [-0.15, -0.1) is 0 Å². The molecular formula is C36H36N2O7. The molecule has 1 saturated heterocycles. The zero-order valence-electron chi connectivity index (χ0n) is 25.0. The van der Waals surface area contributed by atoms with Gasteiger partial charge in [-0.05, 0) is 53.6 Å². The van der Waals surface area contributed by atoms with Crippen LogP contribution in [-0.4, -0.2) is 63.2 Å². The Kier molecular flexibility index (Phi) is 9.07. The fraction of sp³-hybridized carbons (Fsp3) is 0.278. The molecule has 3 N–H and O–H groups in total. The summed E-state index contributed by atoms with van der Waals surface area (Å²) in [6, 6.07) is 28.7. The zero-order chi connectivity index (χ0) is 31.5. The Balaban J connectivity index is 1.16. The molecule has 2 heterocycles. The van der Waals surface area contributed by atoms with Crippen LogP contribution in [-0.2, 0) is 22.6 Å². The molecule has 0 saturated carbocycles. The first kappa shape index (κ1) is 30.6. The third kappa shape index (κ3) is 6.83. The number of carbonyl (C=O) groups excluding carboxylic acids is 2. The minimum Gasteiger partial charge on any atom is -0.508 e. The summed E-state index contributed by atoms with van der Waals surface area (Å²) in [4.78, 5) is 28.9. The van der Waals surface area contributed by atoms with E-state index in [0.717, 1.165) is 22.3 Å². The second-order valence-electron chi connectivity index (χ2n) is 11.7. The van der Waals surface area contributed by atoms with Crippen molar-refractivity contribution < 1.29 is 34.4 Å². The highest BCUT2D eigenvalue weighted by molar-refractivity contribution is 6.21. The number of hydrogen-bond acceptors (Lipinski definition) is 8. The maximum Gasteiger partial charge on any atom is 0.261 e. The average molecular weight is 609 g/mol. The van der Waals surface area contributed by atoms with Crippen LogP contribution in [0.2, 0.25) is 0 Å². The van der Waals surface area contributed by atoms with Crippen LogP contribution in [0.5, 0.6) is 5.75 Å². The van der Waals surface area contributed by atoms with E-state index in [9.17, 15) is 24.9 Å². The van der Waals surface area contributed by atoms with Crippen molar-refractivity contribution in [3.05, 3.63) is 136 Å². The summed E-state index contributed by atoms with van der Waals surface area (Å²) >= 11 is 0. The van der Waals surface area contributed by atoms with Crippen LogP contribution in [0.25, 0.3) is 0 Å². The Labute approximate surface area is 261 Å². The second-order valence-corrected chi connectivity index (χ2v) is 11.7. The van der Waals surface area contributed by atoms with Crippen molar-refractivity contribution in [3.8, 4) is 5.75 Å². The lowest BCUT2D eigenvalue weighted by atomic mass is 9.99. The minimum absolute atomic E-state index is 0.0421. The molecule has 9 heteroatoms. The smallest absolute Gasteiger partial charge is 0.261 e. The van der Waals surface area contributed by atoms with Gasteiger partial charge in [0, 0.05) is 25.1 Å². The summed E-state index contributed by atoms with van der Waals surface area (Å²) in [7, 11) is 1.92. The van der Waals surface area contributed by atoms with Gasteiger partial charge < -0.3 is 29.7 Å². The van der Waals surface area contributed by atoms with Gasteiger partial charge >= 0.3 is 0 Å². The Hall–Kier alpha value is -4.38. The van der Waals surface area contributed by atoms with Crippen molar-refractivity contribution in [2.24, 2.45) is 0 Å². The second kappa shape index (κ2) is 13.3. The number of imide groups is 1. The summed E-state index contributed by atoms with van der Waals surface area (Å²) in [5.41, 5.74) is 4.86. The van der Waals surface area contributed by atoms with Crippen molar-refractivity contribution >= 4 is 11.8 Å². The van der Waals surface area contributed by atoms with Gasteiger partial charge in [0.2, 0.25) is 0 Å². The molecular weight excluding hydrogens is 572 g/mol. The number of ether oxygens (including phenoxy) is 2. The Bertz CT molecular complexity index is 1620. The van der Waals surface area contributed by atoms with Crippen LogP contribution in [0.4, 0.5) is 0 Å². The maximum atomic E-state index is 12.8. The van der Waals surface area contributed by atoms with Gasteiger partial charge in [0.05, 0.1) is 42.6 Å². The number of nitrogens with zero attached hydrogens (tertiary/aromatic N) is 2. The molecule has 6 rings (SSSR count). The molecule has 0 spiro atoms. The summed E-state index contributed by atoms with van der Waals surface area (Å²) in [6.07, 6.45) is -1.38. The molecule has 2 aliphatic rings. The molecule has 45 heavy (non-hydrogen) atoms. The minimum atomic E-state index is -0.783. The van der Waals surface area contributed by atoms with E-state index in [4.69, 9.17) is 9.47 Å². The third-order valence-corrected chi connectivity index (χ3v) is 8.34. The number of benzene rings is 4. The fourth-order valence-electron chi connectivity index (χ4n) is 5.93. The van der Waals surface area contributed by atoms with Crippen molar-refractivity contribution in [3.63, 3.8) is 0 Å². The lowest BCUT2D eigenvalue weighted by molar-refractivity contribution is -0.252. The summed E-state index contributed by atoms with van der Waals surface area (Å²) in [5.74, 6) is -0.487. The van der Waals surface area contributed by atoms with Crippen LogP contribution in [0.15, 0.2) is 97.1 Å². The van der Waals surface area contributed by atoms with Gasteiger partial charge in [0.1, 0.15) is 5.75 Å². The van der Waals surface area contributed by atoms with E-state index >= 15 is 0 Å². The van der Waals surface area contributed by atoms with Crippen LogP contribution in [0.1, 0.15) is 73.5 Å². The van der Waals surface area contributed by atoms with Crippen molar-refractivity contribution in [1.82, 2.24) is 9.80 Å². The molecule has 0 aliphatic carbocycles. The quantitative estimate of drug-likeness (QED) is 0.218. The number of aliphatic hydroxyl groups excluding tert-OH is 2. The van der Waals surface area contributed by atoms with Crippen molar-refractivity contribution in [2.75, 3.05) is 20.1 Å². The maximum absolute atomic E-state index is 12.8. The summed E-state index contributed by atoms with van der Waals surface area (Å²) in [5, 5.41) is 30.1. The molecule has 0 aromatic heterocycles. The summed E-state index contributed by atoms with van der Waals surface area (Å²) < 4.78 is 12.9. The topological polar surface area (TPSA) is 120 Å². The third-order valence-electron chi connectivity index (χ3n) is 8.34. The number of likely N-dealkylation sites (N-methyl/N-ethyl adjacent to an activating group) is 1. The molecule has 2 amide bonds. The average Bonchev–Trinajstić information content (AvgIpc) is 3.29. The van der Waals surface area contributed by atoms with Crippen molar-refractivity contribution in [2.45, 2.75) is 44.2 Å². The molecule has 4 atom stereocenters. The van der Waals surface area contributed by atoms with Crippen molar-refractivity contribution in [1.29, 1.82) is 0 Å². The van der Waals surface area contributed by atoms with Gasteiger partial charge in [-0.3, -0.25) is 14.5 Å². The predicted octanol–water partition coefficient (Wildman–Crippen LogP) is 4.89. The number of aliphatic hydroxyl groups is 2. The normalized spacial score (nSPS) is 20.4. The predicted molar refractivity (Wildman–Crippen MR) is 166 cm³/mol. The Morgan fingerprint density at radius 1 is 0.844 bits per heavy atom. The zero-order valence-corrected chi connectivity index (χ0v) is 25.0. The Morgan fingerprint density at radius 3 is 2.13 bits per heavy atom. The number of phenolic OH excluding ortho intramolecular Hbond substituents is 1. The van der Waals surface area contributed by atoms with Crippen LogP contribution < -0.4 is 0 Å². The highest BCUT2D eigenvalue weighted by Crippen LogP contribution is 2.38. The molecule has 4 aromatic rings. The van der Waals surface area contributed by atoms with E-state index in [1.807, 2.05) is 60.5 Å². The molecule has 0 bridgehead atoms. The molecule has 232 valence electrons.